The van der Waals surface area contributed by atoms with Crippen molar-refractivity contribution in [3.8, 4) is 5.75 Å². The zero-order valence-corrected chi connectivity index (χ0v) is 11.7. The highest BCUT2D eigenvalue weighted by Crippen LogP contribution is 2.33. The summed E-state index contributed by atoms with van der Waals surface area (Å²) in [6, 6.07) is 3.00. The van der Waals surface area contributed by atoms with E-state index in [1.54, 1.807) is 0 Å². The van der Waals surface area contributed by atoms with E-state index >= 15 is 0 Å². The topological polar surface area (TPSA) is 21.3 Å². The summed E-state index contributed by atoms with van der Waals surface area (Å²) < 4.78 is 56.0. The van der Waals surface area contributed by atoms with E-state index in [2.05, 4.69) is 5.32 Å². The molecule has 0 radical (unpaired) electrons. The lowest BCUT2D eigenvalue weighted by molar-refractivity contribution is -0.140. The van der Waals surface area contributed by atoms with Crippen LogP contribution >= 0.6 is 0 Å². The number of ether oxygens (including phenoxy) is 1. The van der Waals surface area contributed by atoms with Crippen molar-refractivity contribution in [2.45, 2.75) is 33.0 Å². The average molecular weight is 293 g/mol. The number of benzene rings is 1. The Bertz CT molecular complexity index is 432. The molecule has 0 spiro atoms. The minimum atomic E-state index is -4.71. The zero-order valence-electron chi connectivity index (χ0n) is 11.7. The van der Waals surface area contributed by atoms with Crippen LogP contribution in [0.2, 0.25) is 0 Å². The lowest BCUT2D eigenvalue weighted by Crippen LogP contribution is -2.30. The van der Waals surface area contributed by atoms with Gasteiger partial charge in [0.05, 0.1) is 12.2 Å². The Morgan fingerprint density at radius 2 is 1.85 bits per heavy atom. The molecule has 0 amide bonds. The van der Waals surface area contributed by atoms with Gasteiger partial charge in [-0.1, -0.05) is 20.8 Å². The van der Waals surface area contributed by atoms with Gasteiger partial charge in [-0.05, 0) is 18.2 Å². The first-order chi connectivity index (χ1) is 9.20. The summed E-state index contributed by atoms with van der Waals surface area (Å²) in [6.07, 6.45) is -4.71. The molecule has 20 heavy (non-hydrogen) atoms. The van der Waals surface area contributed by atoms with Crippen molar-refractivity contribution >= 4 is 0 Å². The first-order valence-electron chi connectivity index (χ1n) is 6.43. The summed E-state index contributed by atoms with van der Waals surface area (Å²) >= 11 is 0. The monoisotopic (exact) mass is 293 g/mol. The number of hydrogen-bond acceptors (Lipinski definition) is 2. The third kappa shape index (κ3) is 5.36. The van der Waals surface area contributed by atoms with Crippen LogP contribution in [0.1, 0.15) is 26.3 Å². The van der Waals surface area contributed by atoms with Gasteiger partial charge in [-0.25, -0.2) is 4.39 Å². The van der Waals surface area contributed by atoms with E-state index in [1.165, 1.54) is 6.07 Å². The molecular formula is C14H19F4NO. The summed E-state index contributed by atoms with van der Waals surface area (Å²) in [5, 5.41) is 3.21. The van der Waals surface area contributed by atoms with Crippen molar-refractivity contribution in [3.05, 3.63) is 29.6 Å². The van der Waals surface area contributed by atoms with Gasteiger partial charge in [0.25, 0.3) is 0 Å². The molecule has 0 saturated heterocycles. The number of halogens is 4. The Morgan fingerprint density at radius 3 is 2.40 bits per heavy atom. The van der Waals surface area contributed by atoms with Gasteiger partial charge in [-0.15, -0.1) is 0 Å². The predicted octanol–water partition coefficient (Wildman–Crippen LogP) is 3.86. The average Bonchev–Trinajstić information content (AvgIpc) is 2.33. The van der Waals surface area contributed by atoms with Crippen LogP contribution in [0.25, 0.3) is 0 Å². The SMILES string of the molecule is CC(CNC(C)C)COc1ccc(F)c(C(F)(F)F)c1. The number of rotatable bonds is 6. The molecule has 0 saturated carbocycles. The van der Waals surface area contributed by atoms with Crippen LogP contribution in [0, 0.1) is 11.7 Å². The molecule has 6 heteroatoms. The Labute approximate surface area is 116 Å². The molecule has 0 aliphatic heterocycles. The second-order valence-electron chi connectivity index (χ2n) is 5.12. The number of hydrogen-bond donors (Lipinski definition) is 1. The van der Waals surface area contributed by atoms with Crippen molar-refractivity contribution in [1.82, 2.24) is 5.32 Å². The molecule has 0 aliphatic rings. The lowest BCUT2D eigenvalue weighted by atomic mass is 10.1. The largest absolute Gasteiger partial charge is 0.493 e. The highest BCUT2D eigenvalue weighted by atomic mass is 19.4. The molecule has 1 unspecified atom stereocenters. The maximum Gasteiger partial charge on any atom is 0.419 e. The van der Waals surface area contributed by atoms with Crippen molar-refractivity contribution in [2.75, 3.05) is 13.2 Å². The van der Waals surface area contributed by atoms with Crippen molar-refractivity contribution in [1.29, 1.82) is 0 Å². The van der Waals surface area contributed by atoms with E-state index < -0.39 is 17.6 Å². The lowest BCUT2D eigenvalue weighted by Gasteiger charge is -2.16. The molecule has 0 fully saturated rings. The molecule has 114 valence electrons. The number of nitrogens with one attached hydrogen (secondary N) is 1. The summed E-state index contributed by atoms with van der Waals surface area (Å²) in [6.45, 7) is 6.89. The smallest absolute Gasteiger partial charge is 0.419 e. The fraction of sp³-hybridized carbons (Fsp3) is 0.571. The van der Waals surface area contributed by atoms with Crippen molar-refractivity contribution in [3.63, 3.8) is 0 Å². The number of alkyl halides is 3. The van der Waals surface area contributed by atoms with Crippen LogP contribution in [0.3, 0.4) is 0 Å². The normalized spacial score (nSPS) is 13.6. The van der Waals surface area contributed by atoms with Gasteiger partial charge >= 0.3 is 6.18 Å². The minimum absolute atomic E-state index is 0.0233. The van der Waals surface area contributed by atoms with E-state index in [0.29, 0.717) is 18.7 Å². The van der Waals surface area contributed by atoms with Gasteiger partial charge in [0.1, 0.15) is 11.6 Å². The molecule has 1 N–H and O–H groups in total. The van der Waals surface area contributed by atoms with Gasteiger partial charge in [0.15, 0.2) is 0 Å². The van der Waals surface area contributed by atoms with Crippen LogP contribution in [0.15, 0.2) is 18.2 Å². The molecule has 1 aromatic rings. The first-order valence-corrected chi connectivity index (χ1v) is 6.43. The molecule has 0 aromatic heterocycles. The molecule has 1 atom stereocenters. The van der Waals surface area contributed by atoms with Crippen LogP contribution in [0.4, 0.5) is 17.6 Å². The third-order valence-corrected chi connectivity index (χ3v) is 2.65. The van der Waals surface area contributed by atoms with E-state index in [4.69, 9.17) is 4.74 Å². The third-order valence-electron chi connectivity index (χ3n) is 2.65. The highest BCUT2D eigenvalue weighted by molar-refractivity contribution is 5.31. The minimum Gasteiger partial charge on any atom is -0.493 e. The molecule has 0 aliphatic carbocycles. The van der Waals surface area contributed by atoms with E-state index in [-0.39, 0.29) is 18.3 Å². The Kier molecular flexibility index (Phi) is 5.80. The van der Waals surface area contributed by atoms with Crippen LogP contribution in [0.5, 0.6) is 5.75 Å². The molecule has 2 nitrogen and oxygen atoms in total. The Morgan fingerprint density at radius 1 is 1.20 bits per heavy atom. The Balaban J connectivity index is 2.61. The molecule has 0 bridgehead atoms. The highest BCUT2D eigenvalue weighted by Gasteiger charge is 2.34. The Hall–Kier alpha value is -1.30. The van der Waals surface area contributed by atoms with Crippen LogP contribution in [-0.4, -0.2) is 19.2 Å². The van der Waals surface area contributed by atoms with Gasteiger partial charge < -0.3 is 10.1 Å². The summed E-state index contributed by atoms with van der Waals surface area (Å²) in [5.41, 5.74) is -1.30. The van der Waals surface area contributed by atoms with Crippen molar-refractivity contribution < 1.29 is 22.3 Å². The zero-order chi connectivity index (χ0) is 15.3. The second kappa shape index (κ2) is 6.92. The van der Waals surface area contributed by atoms with Crippen molar-refractivity contribution in [2.24, 2.45) is 5.92 Å². The molecule has 1 rings (SSSR count). The predicted molar refractivity (Wildman–Crippen MR) is 69.2 cm³/mol. The van der Waals surface area contributed by atoms with Gasteiger partial charge in [0, 0.05) is 18.5 Å². The first kappa shape index (κ1) is 16.8. The van der Waals surface area contributed by atoms with Gasteiger partial charge in [-0.3, -0.25) is 0 Å². The summed E-state index contributed by atoms with van der Waals surface area (Å²) in [4.78, 5) is 0. The van der Waals surface area contributed by atoms with Gasteiger partial charge in [0.2, 0.25) is 0 Å². The summed E-state index contributed by atoms with van der Waals surface area (Å²) in [7, 11) is 0. The molecule has 1 aromatic carbocycles. The molecule has 0 heterocycles. The maximum atomic E-state index is 13.1. The van der Waals surface area contributed by atoms with Crippen LogP contribution in [-0.2, 0) is 6.18 Å². The van der Waals surface area contributed by atoms with Gasteiger partial charge in [-0.2, -0.15) is 13.2 Å². The fourth-order valence-corrected chi connectivity index (χ4v) is 1.55. The summed E-state index contributed by atoms with van der Waals surface area (Å²) in [5.74, 6) is -1.13. The van der Waals surface area contributed by atoms with E-state index in [0.717, 1.165) is 6.07 Å². The quantitative estimate of drug-likeness (QED) is 0.804. The van der Waals surface area contributed by atoms with E-state index in [9.17, 15) is 17.6 Å². The fourth-order valence-electron chi connectivity index (χ4n) is 1.55. The standard InChI is InChI=1S/C14H19F4NO/c1-9(2)19-7-10(3)8-20-11-4-5-13(15)12(6-11)14(16,17)18/h4-6,9-10,19H,7-8H2,1-3H3. The van der Waals surface area contributed by atoms with Crippen LogP contribution < -0.4 is 10.1 Å². The maximum absolute atomic E-state index is 13.1. The second-order valence-corrected chi connectivity index (χ2v) is 5.12. The molecular weight excluding hydrogens is 274 g/mol. The van der Waals surface area contributed by atoms with E-state index in [1.807, 2.05) is 20.8 Å².